The summed E-state index contributed by atoms with van der Waals surface area (Å²) in [4.78, 5) is 12.0. The summed E-state index contributed by atoms with van der Waals surface area (Å²) in [5.74, 6) is 0.656. The maximum absolute atomic E-state index is 11.7. The predicted molar refractivity (Wildman–Crippen MR) is 80.1 cm³/mol. The van der Waals surface area contributed by atoms with Crippen LogP contribution in [0, 0.1) is 12.8 Å². The van der Waals surface area contributed by atoms with Crippen LogP contribution in [0.1, 0.15) is 31.4 Å². The Hall–Kier alpha value is -0.830. The summed E-state index contributed by atoms with van der Waals surface area (Å²) in [6.45, 7) is 7.04. The van der Waals surface area contributed by atoms with Crippen LogP contribution in [0.4, 0.5) is 0 Å². The molecule has 1 unspecified atom stereocenters. The van der Waals surface area contributed by atoms with Crippen LogP contribution in [-0.4, -0.2) is 17.3 Å². The molecule has 0 spiro atoms. The summed E-state index contributed by atoms with van der Waals surface area (Å²) in [5.41, 5.74) is 2.47. The molecule has 0 saturated heterocycles. The van der Waals surface area contributed by atoms with Gasteiger partial charge in [0.05, 0.1) is 0 Å². The number of hydrogen-bond acceptors (Lipinski definition) is 1. The standard InChI is InChI=1S/C15H22BrNO/c1-11(2)14(16)10-17-15(18)8-7-13-6-4-5-12(3)9-13/h4-6,9,11,14H,7-8,10H2,1-3H3,(H,17,18). The number of benzene rings is 1. The SMILES string of the molecule is Cc1cccc(CCC(=O)NCC(Br)C(C)C)c1. The molecule has 0 aliphatic carbocycles. The number of aryl methyl sites for hydroxylation is 2. The van der Waals surface area contributed by atoms with Crippen molar-refractivity contribution in [1.29, 1.82) is 0 Å². The number of amides is 1. The van der Waals surface area contributed by atoms with Crippen LogP contribution < -0.4 is 5.32 Å². The molecule has 3 heteroatoms. The average molecular weight is 312 g/mol. The number of hydrogen-bond donors (Lipinski definition) is 1. The van der Waals surface area contributed by atoms with Crippen LogP contribution >= 0.6 is 15.9 Å². The minimum atomic E-state index is 0.126. The topological polar surface area (TPSA) is 29.1 Å². The molecule has 1 amide bonds. The van der Waals surface area contributed by atoms with Crippen LogP contribution in [0.15, 0.2) is 24.3 Å². The molecule has 1 aromatic carbocycles. The Bertz CT molecular complexity index is 390. The van der Waals surface area contributed by atoms with Gasteiger partial charge in [0.1, 0.15) is 0 Å². The van der Waals surface area contributed by atoms with Crippen LogP contribution in [-0.2, 0) is 11.2 Å². The Labute approximate surface area is 118 Å². The second kappa shape index (κ2) is 7.57. The second-order valence-corrected chi connectivity index (χ2v) is 6.23. The molecule has 1 N–H and O–H groups in total. The van der Waals surface area contributed by atoms with E-state index in [1.165, 1.54) is 11.1 Å². The molecule has 1 rings (SSSR count). The number of carbonyl (C=O) groups excluding carboxylic acids is 1. The van der Waals surface area contributed by atoms with Gasteiger partial charge in [-0.3, -0.25) is 4.79 Å². The Kier molecular flexibility index (Phi) is 6.41. The highest BCUT2D eigenvalue weighted by Crippen LogP contribution is 2.10. The summed E-state index contributed by atoms with van der Waals surface area (Å²) < 4.78 is 0. The highest BCUT2D eigenvalue weighted by Gasteiger charge is 2.10. The van der Waals surface area contributed by atoms with Crippen LogP contribution in [0.25, 0.3) is 0 Å². The fourth-order valence-corrected chi connectivity index (χ4v) is 1.82. The van der Waals surface area contributed by atoms with E-state index in [9.17, 15) is 4.79 Å². The van der Waals surface area contributed by atoms with Crippen molar-refractivity contribution in [1.82, 2.24) is 5.32 Å². The van der Waals surface area contributed by atoms with Crippen molar-refractivity contribution in [2.45, 2.75) is 38.4 Å². The first-order valence-electron chi connectivity index (χ1n) is 6.45. The van der Waals surface area contributed by atoms with Crippen molar-refractivity contribution in [2.75, 3.05) is 6.54 Å². The summed E-state index contributed by atoms with van der Waals surface area (Å²) >= 11 is 3.56. The lowest BCUT2D eigenvalue weighted by molar-refractivity contribution is -0.121. The Balaban J connectivity index is 2.29. The van der Waals surface area contributed by atoms with E-state index < -0.39 is 0 Å². The molecule has 1 aromatic rings. The predicted octanol–water partition coefficient (Wildman–Crippen LogP) is 3.46. The van der Waals surface area contributed by atoms with Crippen molar-refractivity contribution in [3.8, 4) is 0 Å². The maximum atomic E-state index is 11.7. The summed E-state index contributed by atoms with van der Waals surface area (Å²) in [6, 6.07) is 8.31. The Morgan fingerprint density at radius 2 is 2.11 bits per heavy atom. The highest BCUT2D eigenvalue weighted by atomic mass is 79.9. The summed E-state index contributed by atoms with van der Waals surface area (Å²) in [7, 11) is 0. The number of rotatable bonds is 6. The van der Waals surface area contributed by atoms with Crippen molar-refractivity contribution in [3.63, 3.8) is 0 Å². The van der Waals surface area contributed by atoms with Crippen LogP contribution in [0.3, 0.4) is 0 Å². The van der Waals surface area contributed by atoms with E-state index >= 15 is 0 Å². The molecule has 0 bridgehead atoms. The van der Waals surface area contributed by atoms with Gasteiger partial charge in [-0.05, 0) is 24.8 Å². The zero-order valence-corrected chi connectivity index (χ0v) is 13.0. The van der Waals surface area contributed by atoms with E-state index in [1.807, 2.05) is 6.07 Å². The third-order valence-electron chi connectivity index (χ3n) is 2.94. The average Bonchev–Trinajstić information content (AvgIpc) is 2.33. The quantitative estimate of drug-likeness (QED) is 0.801. The third-order valence-corrected chi connectivity index (χ3v) is 4.32. The van der Waals surface area contributed by atoms with Gasteiger partial charge >= 0.3 is 0 Å². The molecular formula is C15H22BrNO. The van der Waals surface area contributed by atoms with Gasteiger partial charge in [0.25, 0.3) is 0 Å². The molecule has 1 atom stereocenters. The molecule has 100 valence electrons. The Morgan fingerprint density at radius 1 is 1.39 bits per heavy atom. The van der Waals surface area contributed by atoms with Crippen molar-refractivity contribution in [3.05, 3.63) is 35.4 Å². The first-order chi connectivity index (χ1) is 8.49. The number of halogens is 1. The second-order valence-electron chi connectivity index (χ2n) is 5.05. The molecule has 0 fully saturated rings. The zero-order chi connectivity index (χ0) is 13.5. The van der Waals surface area contributed by atoms with Crippen molar-refractivity contribution in [2.24, 2.45) is 5.92 Å². The molecule has 0 heterocycles. The van der Waals surface area contributed by atoms with Gasteiger partial charge in [-0.2, -0.15) is 0 Å². The lowest BCUT2D eigenvalue weighted by Gasteiger charge is -2.14. The molecule has 0 saturated carbocycles. The van der Waals surface area contributed by atoms with Gasteiger partial charge in [-0.15, -0.1) is 0 Å². The van der Waals surface area contributed by atoms with Gasteiger partial charge in [0, 0.05) is 17.8 Å². The van der Waals surface area contributed by atoms with E-state index in [2.05, 4.69) is 60.2 Å². The van der Waals surface area contributed by atoms with Gasteiger partial charge in [-0.25, -0.2) is 0 Å². The van der Waals surface area contributed by atoms with E-state index in [1.54, 1.807) is 0 Å². The van der Waals surface area contributed by atoms with Crippen LogP contribution in [0.2, 0.25) is 0 Å². The normalized spacial score (nSPS) is 12.5. The van der Waals surface area contributed by atoms with Crippen molar-refractivity contribution >= 4 is 21.8 Å². The number of nitrogens with one attached hydrogen (secondary N) is 1. The molecule has 0 aliphatic heterocycles. The molecule has 0 aliphatic rings. The van der Waals surface area contributed by atoms with Crippen molar-refractivity contribution < 1.29 is 4.79 Å². The van der Waals surface area contributed by atoms with E-state index in [0.29, 0.717) is 23.7 Å². The lowest BCUT2D eigenvalue weighted by atomic mass is 10.1. The monoisotopic (exact) mass is 311 g/mol. The maximum Gasteiger partial charge on any atom is 0.220 e. The minimum absolute atomic E-state index is 0.126. The van der Waals surface area contributed by atoms with E-state index in [4.69, 9.17) is 0 Å². The number of alkyl halides is 1. The fraction of sp³-hybridized carbons (Fsp3) is 0.533. The minimum Gasteiger partial charge on any atom is -0.355 e. The summed E-state index contributed by atoms with van der Waals surface area (Å²) in [6.07, 6.45) is 1.36. The molecule has 0 radical (unpaired) electrons. The summed E-state index contributed by atoms with van der Waals surface area (Å²) in [5, 5.41) is 2.96. The molecular weight excluding hydrogens is 290 g/mol. The zero-order valence-electron chi connectivity index (χ0n) is 11.4. The van der Waals surface area contributed by atoms with Gasteiger partial charge in [0.2, 0.25) is 5.91 Å². The first kappa shape index (κ1) is 15.2. The molecule has 0 aromatic heterocycles. The van der Waals surface area contributed by atoms with Gasteiger partial charge in [-0.1, -0.05) is 59.6 Å². The lowest BCUT2D eigenvalue weighted by Crippen LogP contribution is -2.31. The fourth-order valence-electron chi connectivity index (χ4n) is 1.66. The highest BCUT2D eigenvalue weighted by molar-refractivity contribution is 9.09. The largest absolute Gasteiger partial charge is 0.355 e. The van der Waals surface area contributed by atoms with E-state index in [0.717, 1.165) is 6.42 Å². The molecule has 2 nitrogen and oxygen atoms in total. The number of carbonyl (C=O) groups is 1. The van der Waals surface area contributed by atoms with Gasteiger partial charge in [0.15, 0.2) is 0 Å². The van der Waals surface area contributed by atoms with E-state index in [-0.39, 0.29) is 5.91 Å². The first-order valence-corrected chi connectivity index (χ1v) is 7.37. The van der Waals surface area contributed by atoms with Crippen LogP contribution in [0.5, 0.6) is 0 Å². The third kappa shape index (κ3) is 5.67. The Morgan fingerprint density at radius 3 is 2.72 bits per heavy atom. The molecule has 18 heavy (non-hydrogen) atoms. The van der Waals surface area contributed by atoms with Gasteiger partial charge < -0.3 is 5.32 Å². The smallest absolute Gasteiger partial charge is 0.220 e.